The molecule has 0 aromatic heterocycles. The lowest BCUT2D eigenvalue weighted by Crippen LogP contribution is -2.33. The van der Waals surface area contributed by atoms with Crippen LogP contribution in [0.1, 0.15) is 19.8 Å². The second kappa shape index (κ2) is 8.13. The van der Waals surface area contributed by atoms with Gasteiger partial charge in [-0.3, -0.25) is 9.59 Å². The Morgan fingerprint density at radius 2 is 1.89 bits per heavy atom. The number of para-hydroxylation sites is 1. The van der Waals surface area contributed by atoms with Crippen molar-refractivity contribution in [3.63, 3.8) is 0 Å². The molecule has 0 unspecified atom stereocenters. The van der Waals surface area contributed by atoms with E-state index in [0.29, 0.717) is 26.1 Å². The van der Waals surface area contributed by atoms with Crippen LogP contribution < -0.4 is 4.74 Å². The van der Waals surface area contributed by atoms with E-state index in [0.717, 1.165) is 5.75 Å². The average Bonchev–Trinajstić information content (AvgIpc) is 2.37. The highest BCUT2D eigenvalue weighted by atomic mass is 16.5. The molecule has 1 amide bonds. The number of nitrogens with zero attached hydrogens (tertiary/aromatic N) is 1. The van der Waals surface area contributed by atoms with Crippen LogP contribution in [0.5, 0.6) is 5.75 Å². The average molecular weight is 265 g/mol. The van der Waals surface area contributed by atoms with Gasteiger partial charge in [-0.2, -0.15) is 0 Å². The van der Waals surface area contributed by atoms with Crippen molar-refractivity contribution in [3.05, 3.63) is 30.3 Å². The molecule has 1 aromatic rings. The molecule has 0 spiro atoms. The van der Waals surface area contributed by atoms with E-state index in [1.807, 2.05) is 30.3 Å². The number of hydrogen-bond donors (Lipinski definition) is 1. The standard InChI is InChI=1S/C14H19NO4/c1-12(16)15(9-5-8-14(17)18)10-11-19-13-6-3-2-4-7-13/h2-4,6-7H,5,8-11H2,1H3,(H,17,18). The van der Waals surface area contributed by atoms with Gasteiger partial charge < -0.3 is 14.7 Å². The van der Waals surface area contributed by atoms with Crippen LogP contribution in [0.4, 0.5) is 0 Å². The Bertz CT molecular complexity index is 405. The summed E-state index contributed by atoms with van der Waals surface area (Å²) in [5.74, 6) is -0.150. The second-order valence-corrected chi connectivity index (χ2v) is 4.16. The van der Waals surface area contributed by atoms with Gasteiger partial charge >= 0.3 is 5.97 Å². The van der Waals surface area contributed by atoms with Gasteiger partial charge in [-0.15, -0.1) is 0 Å². The summed E-state index contributed by atoms with van der Waals surface area (Å²) in [5.41, 5.74) is 0. The third-order valence-electron chi connectivity index (χ3n) is 2.64. The Balaban J connectivity index is 2.29. The summed E-state index contributed by atoms with van der Waals surface area (Å²) in [6, 6.07) is 9.36. The highest BCUT2D eigenvalue weighted by molar-refractivity contribution is 5.73. The molecule has 0 fully saturated rings. The highest BCUT2D eigenvalue weighted by Crippen LogP contribution is 2.08. The zero-order chi connectivity index (χ0) is 14.1. The van der Waals surface area contributed by atoms with Gasteiger partial charge in [0.2, 0.25) is 5.91 Å². The Hall–Kier alpha value is -2.04. The second-order valence-electron chi connectivity index (χ2n) is 4.16. The van der Waals surface area contributed by atoms with Crippen LogP contribution in [0.15, 0.2) is 30.3 Å². The number of benzene rings is 1. The SMILES string of the molecule is CC(=O)N(CCCC(=O)O)CCOc1ccccc1. The molecule has 1 N–H and O–H groups in total. The normalized spacial score (nSPS) is 9.95. The largest absolute Gasteiger partial charge is 0.492 e. The minimum atomic E-state index is -0.843. The van der Waals surface area contributed by atoms with Crippen molar-refractivity contribution in [2.75, 3.05) is 19.7 Å². The van der Waals surface area contributed by atoms with Gasteiger partial charge in [0.25, 0.3) is 0 Å². The molecule has 5 nitrogen and oxygen atoms in total. The number of hydrogen-bond acceptors (Lipinski definition) is 3. The van der Waals surface area contributed by atoms with Gasteiger partial charge in [0, 0.05) is 19.9 Å². The predicted octanol–water partition coefficient (Wildman–Crippen LogP) is 1.78. The first kappa shape index (κ1) is 15.0. The minimum Gasteiger partial charge on any atom is -0.492 e. The molecule has 0 saturated heterocycles. The minimum absolute atomic E-state index is 0.0675. The summed E-state index contributed by atoms with van der Waals surface area (Å²) in [5, 5.41) is 8.56. The molecule has 19 heavy (non-hydrogen) atoms. The lowest BCUT2D eigenvalue weighted by Gasteiger charge is -2.20. The molecule has 0 aliphatic heterocycles. The van der Waals surface area contributed by atoms with Gasteiger partial charge in [0.05, 0.1) is 6.54 Å². The topological polar surface area (TPSA) is 66.8 Å². The maximum atomic E-state index is 11.4. The van der Waals surface area contributed by atoms with Gasteiger partial charge in [-0.05, 0) is 18.6 Å². The van der Waals surface area contributed by atoms with Crippen molar-refractivity contribution in [1.82, 2.24) is 4.90 Å². The molecule has 1 rings (SSSR count). The Labute approximate surface area is 112 Å². The zero-order valence-corrected chi connectivity index (χ0v) is 11.0. The lowest BCUT2D eigenvalue weighted by atomic mass is 10.3. The van der Waals surface area contributed by atoms with Crippen molar-refractivity contribution in [2.24, 2.45) is 0 Å². The van der Waals surface area contributed by atoms with Crippen LogP contribution in [-0.4, -0.2) is 41.6 Å². The number of carboxylic acid groups (broad SMARTS) is 1. The molecule has 0 saturated carbocycles. The third-order valence-corrected chi connectivity index (χ3v) is 2.64. The first-order valence-corrected chi connectivity index (χ1v) is 6.24. The third kappa shape index (κ3) is 6.45. The van der Waals surface area contributed by atoms with Gasteiger partial charge in [0.1, 0.15) is 12.4 Å². The van der Waals surface area contributed by atoms with E-state index in [4.69, 9.17) is 9.84 Å². The lowest BCUT2D eigenvalue weighted by molar-refractivity contribution is -0.138. The molecule has 0 heterocycles. The molecular formula is C14H19NO4. The molecule has 1 aromatic carbocycles. The summed E-state index contributed by atoms with van der Waals surface area (Å²) in [6.07, 6.45) is 0.531. The van der Waals surface area contributed by atoms with Crippen molar-refractivity contribution >= 4 is 11.9 Å². The monoisotopic (exact) mass is 265 g/mol. The first-order chi connectivity index (χ1) is 9.09. The van der Waals surface area contributed by atoms with Gasteiger partial charge in [0.15, 0.2) is 0 Å². The van der Waals surface area contributed by atoms with Crippen LogP contribution in [0, 0.1) is 0 Å². The molecule has 104 valence electrons. The van der Waals surface area contributed by atoms with Crippen LogP contribution >= 0.6 is 0 Å². The van der Waals surface area contributed by atoms with E-state index in [9.17, 15) is 9.59 Å². The maximum Gasteiger partial charge on any atom is 0.303 e. The summed E-state index contributed by atoms with van der Waals surface area (Å²) < 4.78 is 5.50. The molecule has 5 heteroatoms. The van der Waals surface area contributed by atoms with Crippen LogP contribution in [0.25, 0.3) is 0 Å². The number of carbonyl (C=O) groups is 2. The summed E-state index contributed by atoms with van der Waals surface area (Å²) in [6.45, 7) is 2.78. The molecule has 0 bridgehead atoms. The van der Waals surface area contributed by atoms with E-state index in [-0.39, 0.29) is 12.3 Å². The molecule has 0 aliphatic carbocycles. The van der Waals surface area contributed by atoms with E-state index in [1.54, 1.807) is 4.90 Å². The number of amides is 1. The van der Waals surface area contributed by atoms with E-state index >= 15 is 0 Å². The summed E-state index contributed by atoms with van der Waals surface area (Å²) in [7, 11) is 0. The Kier molecular flexibility index (Phi) is 6.43. The number of rotatable bonds is 8. The van der Waals surface area contributed by atoms with E-state index < -0.39 is 5.97 Å². The highest BCUT2D eigenvalue weighted by Gasteiger charge is 2.09. The van der Waals surface area contributed by atoms with Gasteiger partial charge in [-0.1, -0.05) is 18.2 Å². The summed E-state index contributed by atoms with van der Waals surface area (Å²) >= 11 is 0. The van der Waals surface area contributed by atoms with Crippen LogP contribution in [-0.2, 0) is 9.59 Å². The molecule has 0 radical (unpaired) electrons. The van der Waals surface area contributed by atoms with Crippen LogP contribution in [0.2, 0.25) is 0 Å². The molecular weight excluding hydrogens is 246 g/mol. The van der Waals surface area contributed by atoms with Gasteiger partial charge in [-0.25, -0.2) is 0 Å². The van der Waals surface area contributed by atoms with Crippen molar-refractivity contribution in [2.45, 2.75) is 19.8 Å². The molecule has 0 aliphatic rings. The first-order valence-electron chi connectivity index (χ1n) is 6.24. The maximum absolute atomic E-state index is 11.4. The number of carboxylic acids is 1. The Morgan fingerprint density at radius 1 is 1.21 bits per heavy atom. The predicted molar refractivity (Wildman–Crippen MR) is 71.1 cm³/mol. The van der Waals surface area contributed by atoms with E-state index in [2.05, 4.69) is 0 Å². The number of aliphatic carboxylic acids is 1. The van der Waals surface area contributed by atoms with Crippen molar-refractivity contribution in [3.8, 4) is 5.75 Å². The van der Waals surface area contributed by atoms with Crippen LogP contribution in [0.3, 0.4) is 0 Å². The fourth-order valence-electron chi connectivity index (χ4n) is 1.64. The van der Waals surface area contributed by atoms with E-state index in [1.165, 1.54) is 6.92 Å². The Morgan fingerprint density at radius 3 is 2.47 bits per heavy atom. The number of carbonyl (C=O) groups excluding carboxylic acids is 1. The van der Waals surface area contributed by atoms with Crippen molar-refractivity contribution in [1.29, 1.82) is 0 Å². The fourth-order valence-corrected chi connectivity index (χ4v) is 1.64. The molecule has 0 atom stereocenters. The quantitative estimate of drug-likeness (QED) is 0.778. The number of ether oxygens (including phenoxy) is 1. The van der Waals surface area contributed by atoms with Crippen molar-refractivity contribution < 1.29 is 19.4 Å². The fraction of sp³-hybridized carbons (Fsp3) is 0.429. The zero-order valence-electron chi connectivity index (χ0n) is 11.0. The smallest absolute Gasteiger partial charge is 0.303 e. The summed E-state index contributed by atoms with van der Waals surface area (Å²) in [4.78, 5) is 23.4.